The summed E-state index contributed by atoms with van der Waals surface area (Å²) in [7, 11) is 0. The Bertz CT molecular complexity index is 687. The van der Waals surface area contributed by atoms with Gasteiger partial charge in [-0.05, 0) is 12.8 Å². The van der Waals surface area contributed by atoms with Gasteiger partial charge >= 0.3 is 17.9 Å². The normalized spacial score (nSPS) is 11.0. The van der Waals surface area contributed by atoms with E-state index in [9.17, 15) is 19.2 Å². The van der Waals surface area contributed by atoms with Gasteiger partial charge in [0.15, 0.2) is 0 Å². The zero-order valence-corrected chi connectivity index (χ0v) is 16.8. The lowest BCUT2D eigenvalue weighted by molar-refractivity contribution is -0.163. The first kappa shape index (κ1) is 32.0. The topological polar surface area (TPSA) is 113 Å². The highest BCUT2D eigenvalue weighted by molar-refractivity contribution is 5.87. The van der Waals surface area contributed by atoms with Gasteiger partial charge in [0.2, 0.25) is 5.91 Å². The minimum absolute atomic E-state index is 0. The average molecular weight is 431 g/mol. The number of hydrogen-bond acceptors (Lipinski definition) is 6. The van der Waals surface area contributed by atoms with Crippen LogP contribution in [0.1, 0.15) is 46.0 Å². The quantitative estimate of drug-likeness (QED) is 0.256. The molecule has 2 N–H and O–H groups in total. The Morgan fingerprint density at radius 1 is 0.935 bits per heavy atom. The molecular weight excluding hydrogens is 400 g/mol. The Morgan fingerprint density at radius 2 is 1.42 bits per heavy atom. The minimum atomic E-state index is -0.914. The Labute approximate surface area is 185 Å². The summed E-state index contributed by atoms with van der Waals surface area (Å²) in [6.45, 7) is 1.45. The first-order valence-corrected chi connectivity index (χ1v) is 8.99. The third kappa shape index (κ3) is 22.4. The van der Waals surface area contributed by atoms with E-state index in [4.69, 9.17) is 30.8 Å². The van der Waals surface area contributed by atoms with Crippen LogP contribution in [0.2, 0.25) is 0 Å². The van der Waals surface area contributed by atoms with E-state index in [1.165, 1.54) is 4.90 Å². The molecule has 0 unspecified atom stereocenters. The van der Waals surface area contributed by atoms with Crippen LogP contribution in [0.25, 0.3) is 0 Å². The third-order valence-corrected chi connectivity index (χ3v) is 3.14. The van der Waals surface area contributed by atoms with Gasteiger partial charge in [0.05, 0.1) is 26.2 Å². The van der Waals surface area contributed by atoms with Crippen molar-refractivity contribution < 1.29 is 29.0 Å². The van der Waals surface area contributed by atoms with Gasteiger partial charge in [-0.1, -0.05) is 31.1 Å². The molecule has 0 aliphatic carbocycles. The minimum Gasteiger partial charge on any atom is -0.481 e. The molecule has 0 aromatic rings. The largest absolute Gasteiger partial charge is 0.481 e. The van der Waals surface area contributed by atoms with Gasteiger partial charge in [-0.25, -0.2) is 0 Å². The van der Waals surface area contributed by atoms with Crippen molar-refractivity contribution >= 4 is 23.8 Å². The Morgan fingerprint density at radius 3 is 1.74 bits per heavy atom. The number of aliphatic carboxylic acids is 1. The van der Waals surface area contributed by atoms with Crippen molar-refractivity contribution in [3.05, 3.63) is 0 Å². The van der Waals surface area contributed by atoms with Gasteiger partial charge in [0, 0.05) is 25.7 Å². The fraction of sp³-hybridized carbons (Fsp3) is 0.478. The molecule has 0 aromatic carbocycles. The second-order valence-corrected chi connectivity index (χ2v) is 5.62. The zero-order valence-electron chi connectivity index (χ0n) is 16.8. The number of nitrogens with one attached hydrogen (secondary N) is 1. The van der Waals surface area contributed by atoms with Crippen molar-refractivity contribution in [2.75, 3.05) is 26.2 Å². The second kappa shape index (κ2) is 22.6. The molecule has 8 nitrogen and oxygen atoms in total. The number of amides is 1. The van der Waals surface area contributed by atoms with E-state index >= 15 is 0 Å². The Hall–Kier alpha value is -3.72. The lowest BCUT2D eigenvalue weighted by Gasteiger charge is -2.16. The molecule has 1 saturated heterocycles. The SMILES string of the molecule is C.C#CCN(CC#C)C(=O)CCCC(=O)O.C#CCNCC#C.O=C1CCCC(=O)O1. The number of carbonyl (C=O) groups is 4. The maximum atomic E-state index is 11.4. The summed E-state index contributed by atoms with van der Waals surface area (Å²) in [4.78, 5) is 43.5. The van der Waals surface area contributed by atoms with Crippen molar-refractivity contribution in [1.29, 1.82) is 0 Å². The molecule has 1 amide bonds. The Balaban J connectivity index is -0.000000412. The summed E-state index contributed by atoms with van der Waals surface area (Å²) in [6, 6.07) is 0. The summed E-state index contributed by atoms with van der Waals surface area (Å²) >= 11 is 0. The monoisotopic (exact) mass is 430 g/mol. The second-order valence-electron chi connectivity index (χ2n) is 5.62. The number of carboxylic acid groups (broad SMARTS) is 1. The van der Waals surface area contributed by atoms with E-state index in [0.29, 0.717) is 38.8 Å². The molecule has 8 heteroatoms. The highest BCUT2D eigenvalue weighted by Crippen LogP contribution is 2.06. The first-order chi connectivity index (χ1) is 14.3. The number of carbonyl (C=O) groups excluding carboxylic acids is 3. The van der Waals surface area contributed by atoms with Crippen molar-refractivity contribution in [2.45, 2.75) is 46.0 Å². The summed E-state index contributed by atoms with van der Waals surface area (Å²) in [6.07, 6.45) is 21.8. The van der Waals surface area contributed by atoms with Crippen LogP contribution in [0, 0.1) is 49.4 Å². The number of rotatable bonds is 8. The molecule has 1 fully saturated rings. The number of ether oxygens (including phenoxy) is 1. The number of esters is 2. The lowest BCUT2D eigenvalue weighted by Crippen LogP contribution is -2.31. The first-order valence-electron chi connectivity index (χ1n) is 8.99. The lowest BCUT2D eigenvalue weighted by atomic mass is 10.2. The fourth-order valence-corrected chi connectivity index (χ4v) is 1.81. The van der Waals surface area contributed by atoms with Crippen molar-refractivity contribution in [3.8, 4) is 49.4 Å². The summed E-state index contributed by atoms with van der Waals surface area (Å²) < 4.78 is 4.21. The third-order valence-electron chi connectivity index (χ3n) is 3.14. The number of terminal acetylenes is 4. The standard InChI is InChI=1S/C11H13NO3.C6H7N.C5H6O3.CH4/c1-3-8-12(9-4-2)10(13)6-5-7-11(14)15;1-3-5-7-6-4-2;6-4-2-1-3-5(7)8-4;/h1-2H,5-9H2,(H,14,15);1-2,7H,5-6H2;1-3H2;1H4. The van der Waals surface area contributed by atoms with Crippen LogP contribution >= 0.6 is 0 Å². The predicted molar refractivity (Wildman–Crippen MR) is 118 cm³/mol. The van der Waals surface area contributed by atoms with Crippen LogP contribution in [0.4, 0.5) is 0 Å². The van der Waals surface area contributed by atoms with Crippen LogP contribution in [0.15, 0.2) is 0 Å². The molecule has 168 valence electrons. The van der Waals surface area contributed by atoms with E-state index in [-0.39, 0.29) is 51.2 Å². The van der Waals surface area contributed by atoms with Crippen molar-refractivity contribution in [3.63, 3.8) is 0 Å². The maximum absolute atomic E-state index is 11.4. The van der Waals surface area contributed by atoms with Gasteiger partial charge in [-0.3, -0.25) is 24.5 Å². The van der Waals surface area contributed by atoms with Gasteiger partial charge in [0.25, 0.3) is 0 Å². The van der Waals surface area contributed by atoms with Gasteiger partial charge in [-0.2, -0.15) is 0 Å². The molecule has 1 aliphatic rings. The predicted octanol–water partition coefficient (Wildman–Crippen LogP) is 1.05. The van der Waals surface area contributed by atoms with Crippen LogP contribution in [-0.4, -0.2) is 60.0 Å². The maximum Gasteiger partial charge on any atom is 0.313 e. The highest BCUT2D eigenvalue weighted by atomic mass is 16.6. The van der Waals surface area contributed by atoms with E-state index in [1.54, 1.807) is 0 Å². The molecule has 0 radical (unpaired) electrons. The van der Waals surface area contributed by atoms with Crippen LogP contribution in [-0.2, 0) is 23.9 Å². The van der Waals surface area contributed by atoms with Crippen LogP contribution in [0.3, 0.4) is 0 Å². The number of hydrogen-bond donors (Lipinski definition) is 2. The summed E-state index contributed by atoms with van der Waals surface area (Å²) in [5.41, 5.74) is 0. The fourth-order valence-electron chi connectivity index (χ4n) is 1.81. The van der Waals surface area contributed by atoms with Crippen LogP contribution < -0.4 is 5.32 Å². The molecule has 1 heterocycles. The van der Waals surface area contributed by atoms with Gasteiger partial charge < -0.3 is 14.7 Å². The number of cyclic esters (lactones) is 2. The van der Waals surface area contributed by atoms with Crippen molar-refractivity contribution in [1.82, 2.24) is 10.2 Å². The van der Waals surface area contributed by atoms with Gasteiger partial charge in [-0.15, -0.1) is 25.7 Å². The molecule has 0 atom stereocenters. The highest BCUT2D eigenvalue weighted by Gasteiger charge is 2.16. The summed E-state index contributed by atoms with van der Waals surface area (Å²) in [5, 5.41) is 11.2. The molecule has 1 rings (SSSR count). The van der Waals surface area contributed by atoms with E-state index in [2.05, 4.69) is 33.7 Å². The van der Waals surface area contributed by atoms with E-state index < -0.39 is 5.97 Å². The molecule has 1 aliphatic heterocycles. The van der Waals surface area contributed by atoms with E-state index in [0.717, 1.165) is 0 Å². The molecular formula is C23H30N2O6. The molecule has 0 bridgehead atoms. The average Bonchev–Trinajstić information content (AvgIpc) is 2.69. The number of carboxylic acids is 1. The Kier molecular flexibility index (Phi) is 23.3. The molecule has 0 spiro atoms. The summed E-state index contributed by atoms with van der Waals surface area (Å²) in [5.74, 6) is 7.55. The smallest absolute Gasteiger partial charge is 0.313 e. The zero-order chi connectivity index (χ0) is 23.2. The number of nitrogens with zero attached hydrogens (tertiary/aromatic N) is 1. The van der Waals surface area contributed by atoms with E-state index in [1.807, 2.05) is 0 Å². The molecule has 0 aromatic heterocycles. The molecule has 0 saturated carbocycles. The van der Waals surface area contributed by atoms with Gasteiger partial charge in [0.1, 0.15) is 0 Å². The van der Waals surface area contributed by atoms with Crippen LogP contribution in [0.5, 0.6) is 0 Å². The van der Waals surface area contributed by atoms with Crippen molar-refractivity contribution in [2.24, 2.45) is 0 Å². The molecule has 31 heavy (non-hydrogen) atoms.